The van der Waals surface area contributed by atoms with E-state index in [1.54, 1.807) is 6.07 Å². The van der Waals surface area contributed by atoms with Gasteiger partial charge in [-0.15, -0.1) is 0 Å². The number of nitrogens with zero attached hydrogens (tertiary/aromatic N) is 2. The van der Waals surface area contributed by atoms with Crippen LogP contribution in [0.25, 0.3) is 11.3 Å². The van der Waals surface area contributed by atoms with E-state index < -0.39 is 35.8 Å². The second-order valence-corrected chi connectivity index (χ2v) is 4.01. The van der Waals surface area contributed by atoms with E-state index in [4.69, 9.17) is 5.11 Å². The van der Waals surface area contributed by atoms with Crippen LogP contribution in [0.2, 0.25) is 0 Å². The molecular weight excluding hydrogens is 281 g/mol. The first-order valence-corrected chi connectivity index (χ1v) is 5.79. The molecule has 2 aromatic rings. The maximum Gasteiger partial charge on any atom is 0.322 e. The number of halogens is 1. The molecule has 108 valence electrons. The van der Waals surface area contributed by atoms with Gasteiger partial charge in [0.1, 0.15) is 12.4 Å². The van der Waals surface area contributed by atoms with Gasteiger partial charge in [0.05, 0.1) is 11.9 Å². The average molecular weight is 291 g/mol. The quantitative estimate of drug-likeness (QED) is 0.768. The summed E-state index contributed by atoms with van der Waals surface area (Å²) in [6.45, 7) is -0.621. The van der Waals surface area contributed by atoms with Gasteiger partial charge in [-0.3, -0.25) is 9.59 Å². The number of carbonyl (C=O) groups excluding carboxylic acids is 1. The van der Waals surface area contributed by atoms with Crippen molar-refractivity contribution in [1.82, 2.24) is 15.3 Å². The van der Waals surface area contributed by atoms with E-state index in [1.165, 1.54) is 24.4 Å². The molecular formula is C13H10FN3O4. The zero-order valence-corrected chi connectivity index (χ0v) is 10.6. The molecule has 0 saturated carbocycles. The summed E-state index contributed by atoms with van der Waals surface area (Å²) in [5.74, 6) is -3.25. The zero-order valence-electron chi connectivity index (χ0n) is 10.6. The third kappa shape index (κ3) is 3.50. The molecule has 0 aliphatic heterocycles. The number of hydrogen-bond acceptors (Lipinski definition) is 5. The van der Waals surface area contributed by atoms with E-state index >= 15 is 0 Å². The number of carboxylic acid groups (broad SMARTS) is 1. The van der Waals surface area contributed by atoms with E-state index in [2.05, 4.69) is 15.3 Å². The van der Waals surface area contributed by atoms with Crippen molar-refractivity contribution in [2.45, 2.75) is 0 Å². The fraction of sp³-hybridized carbons (Fsp3) is 0.0769. The predicted octanol–water partition coefficient (Wildman–Crippen LogP) is 0.803. The third-order valence-electron chi connectivity index (χ3n) is 2.49. The standard InChI is InChI=1S/C13H10FN3O4/c14-8-3-1-2-7(4-8)9-5-15-12(20)11(17-9)13(21)16-6-10(18)19/h1-5H,6H2,(H,15,20)(H,16,21)(H,18,19). The molecule has 0 spiro atoms. The van der Waals surface area contributed by atoms with Gasteiger partial charge in [-0.1, -0.05) is 12.1 Å². The lowest BCUT2D eigenvalue weighted by molar-refractivity contribution is -0.135. The Bertz CT molecular complexity index is 706. The lowest BCUT2D eigenvalue weighted by atomic mass is 10.1. The van der Waals surface area contributed by atoms with Gasteiger partial charge in [0.15, 0.2) is 5.69 Å². The largest absolute Gasteiger partial charge is 0.492 e. The number of aromatic nitrogens is 2. The number of aromatic hydroxyl groups is 1. The number of nitrogens with one attached hydrogen (secondary N) is 1. The minimum Gasteiger partial charge on any atom is -0.492 e. The van der Waals surface area contributed by atoms with Crippen molar-refractivity contribution in [2.24, 2.45) is 0 Å². The summed E-state index contributed by atoms with van der Waals surface area (Å²) in [7, 11) is 0. The van der Waals surface area contributed by atoms with Crippen molar-refractivity contribution in [3.63, 3.8) is 0 Å². The van der Waals surface area contributed by atoms with Crippen molar-refractivity contribution in [2.75, 3.05) is 6.54 Å². The molecule has 1 heterocycles. The maximum atomic E-state index is 13.2. The number of carboxylic acids is 1. The molecule has 7 nitrogen and oxygen atoms in total. The van der Waals surface area contributed by atoms with Gasteiger partial charge < -0.3 is 15.5 Å². The fourth-order valence-electron chi connectivity index (χ4n) is 1.56. The fourth-order valence-corrected chi connectivity index (χ4v) is 1.56. The first-order valence-electron chi connectivity index (χ1n) is 5.79. The Balaban J connectivity index is 2.33. The van der Waals surface area contributed by atoms with Crippen LogP contribution >= 0.6 is 0 Å². The number of amides is 1. The summed E-state index contributed by atoms with van der Waals surface area (Å²) in [6, 6.07) is 5.46. The summed E-state index contributed by atoms with van der Waals surface area (Å²) in [5.41, 5.74) is 0.112. The Morgan fingerprint density at radius 1 is 1.33 bits per heavy atom. The SMILES string of the molecule is O=C(O)CNC(=O)c1nc(-c2cccc(F)c2)cnc1O. The summed E-state index contributed by atoms with van der Waals surface area (Å²) >= 11 is 0. The molecule has 0 atom stereocenters. The van der Waals surface area contributed by atoms with Crippen LogP contribution in [0.3, 0.4) is 0 Å². The van der Waals surface area contributed by atoms with Crippen LogP contribution in [-0.2, 0) is 4.79 Å². The summed E-state index contributed by atoms with van der Waals surface area (Å²) in [6.07, 6.45) is 1.18. The molecule has 0 saturated heterocycles. The van der Waals surface area contributed by atoms with E-state index in [0.717, 1.165) is 0 Å². The second kappa shape index (κ2) is 5.95. The topological polar surface area (TPSA) is 112 Å². The van der Waals surface area contributed by atoms with E-state index in [9.17, 15) is 19.1 Å². The van der Waals surface area contributed by atoms with Gasteiger partial charge in [0, 0.05) is 5.56 Å². The van der Waals surface area contributed by atoms with Gasteiger partial charge in [0.2, 0.25) is 5.88 Å². The third-order valence-corrected chi connectivity index (χ3v) is 2.49. The molecule has 0 radical (unpaired) electrons. The Morgan fingerprint density at radius 3 is 2.76 bits per heavy atom. The van der Waals surface area contributed by atoms with Crippen molar-refractivity contribution in [1.29, 1.82) is 0 Å². The van der Waals surface area contributed by atoms with Crippen molar-refractivity contribution in [3.05, 3.63) is 42.0 Å². The molecule has 0 bridgehead atoms. The monoisotopic (exact) mass is 291 g/mol. The molecule has 0 unspecified atom stereocenters. The highest BCUT2D eigenvalue weighted by Crippen LogP contribution is 2.20. The van der Waals surface area contributed by atoms with E-state index in [0.29, 0.717) is 5.56 Å². The zero-order chi connectivity index (χ0) is 15.4. The van der Waals surface area contributed by atoms with Crippen molar-refractivity contribution in [3.8, 4) is 17.1 Å². The Kier molecular flexibility index (Phi) is 4.07. The van der Waals surface area contributed by atoms with Crippen LogP contribution in [0.4, 0.5) is 4.39 Å². The molecule has 1 aromatic heterocycles. The molecule has 0 aliphatic rings. The van der Waals surface area contributed by atoms with Crippen molar-refractivity contribution >= 4 is 11.9 Å². The Hall–Kier alpha value is -3.03. The molecule has 0 fully saturated rings. The van der Waals surface area contributed by atoms with Crippen LogP contribution < -0.4 is 5.32 Å². The maximum absolute atomic E-state index is 13.2. The van der Waals surface area contributed by atoms with Crippen LogP contribution in [0.15, 0.2) is 30.5 Å². The van der Waals surface area contributed by atoms with Gasteiger partial charge in [0.25, 0.3) is 5.91 Å². The molecule has 8 heteroatoms. The molecule has 1 amide bonds. The highest BCUT2D eigenvalue weighted by atomic mass is 19.1. The second-order valence-electron chi connectivity index (χ2n) is 4.01. The van der Waals surface area contributed by atoms with Crippen LogP contribution in [0, 0.1) is 5.82 Å². The Morgan fingerprint density at radius 2 is 2.10 bits per heavy atom. The predicted molar refractivity (Wildman–Crippen MR) is 69.1 cm³/mol. The first-order chi connectivity index (χ1) is 9.97. The van der Waals surface area contributed by atoms with E-state index in [-0.39, 0.29) is 5.69 Å². The van der Waals surface area contributed by atoms with Crippen molar-refractivity contribution < 1.29 is 24.2 Å². The van der Waals surface area contributed by atoms with Crippen LogP contribution in [0.1, 0.15) is 10.5 Å². The smallest absolute Gasteiger partial charge is 0.322 e. The molecule has 21 heavy (non-hydrogen) atoms. The summed E-state index contributed by atoms with van der Waals surface area (Å²) in [5, 5.41) is 20.1. The lowest BCUT2D eigenvalue weighted by Crippen LogP contribution is -2.30. The normalized spacial score (nSPS) is 10.1. The highest BCUT2D eigenvalue weighted by molar-refractivity contribution is 5.96. The number of rotatable bonds is 4. The van der Waals surface area contributed by atoms with E-state index in [1.807, 2.05) is 0 Å². The number of hydrogen-bond donors (Lipinski definition) is 3. The van der Waals surface area contributed by atoms with Gasteiger partial charge in [-0.2, -0.15) is 0 Å². The lowest BCUT2D eigenvalue weighted by Gasteiger charge is -2.06. The van der Waals surface area contributed by atoms with Gasteiger partial charge in [-0.05, 0) is 12.1 Å². The summed E-state index contributed by atoms with van der Waals surface area (Å²) < 4.78 is 13.2. The first kappa shape index (κ1) is 14.4. The van der Waals surface area contributed by atoms with Crippen LogP contribution in [-0.4, -0.2) is 38.6 Å². The number of aliphatic carboxylic acids is 1. The number of benzene rings is 1. The highest BCUT2D eigenvalue weighted by Gasteiger charge is 2.16. The molecule has 0 aliphatic carbocycles. The molecule has 1 aromatic carbocycles. The minimum absolute atomic E-state index is 0.174. The van der Waals surface area contributed by atoms with Crippen LogP contribution in [0.5, 0.6) is 5.88 Å². The van der Waals surface area contributed by atoms with Gasteiger partial charge >= 0.3 is 5.97 Å². The number of carbonyl (C=O) groups is 2. The molecule has 2 rings (SSSR count). The molecule has 3 N–H and O–H groups in total. The van der Waals surface area contributed by atoms with Gasteiger partial charge in [-0.25, -0.2) is 14.4 Å². The minimum atomic E-state index is -1.24. The average Bonchev–Trinajstić information content (AvgIpc) is 2.45. The summed E-state index contributed by atoms with van der Waals surface area (Å²) in [4.78, 5) is 29.6. The Labute approximate surface area is 118 Å².